The van der Waals surface area contributed by atoms with Crippen LogP contribution in [0.1, 0.15) is 32.8 Å². The zero-order valence-corrected chi connectivity index (χ0v) is 10.6. The maximum atomic E-state index is 10.9. The van der Waals surface area contributed by atoms with Crippen LogP contribution in [-0.2, 0) is 10.2 Å². The number of hydrogen-bond donors (Lipinski definition) is 2. The number of benzene rings is 1. The van der Waals surface area contributed by atoms with Gasteiger partial charge in [-0.15, -0.1) is 0 Å². The van der Waals surface area contributed by atoms with Gasteiger partial charge in [-0.25, -0.2) is 5.84 Å². The Morgan fingerprint density at radius 3 is 2.35 bits per heavy atom. The molecule has 0 spiro atoms. The Hall–Kier alpha value is -1.55. The van der Waals surface area contributed by atoms with E-state index in [4.69, 9.17) is 10.6 Å². The minimum atomic E-state index is -0.226. The van der Waals surface area contributed by atoms with E-state index >= 15 is 0 Å². The van der Waals surface area contributed by atoms with Crippen LogP contribution in [0, 0.1) is 0 Å². The molecule has 0 heterocycles. The quantitative estimate of drug-likeness (QED) is 0.475. The Labute approximate surface area is 102 Å². The monoisotopic (exact) mass is 236 g/mol. The van der Waals surface area contributed by atoms with E-state index in [1.54, 1.807) is 0 Å². The van der Waals surface area contributed by atoms with Crippen molar-refractivity contribution in [2.45, 2.75) is 32.6 Å². The first-order valence-electron chi connectivity index (χ1n) is 5.66. The molecule has 0 aliphatic carbocycles. The molecule has 1 rings (SSSR count). The van der Waals surface area contributed by atoms with Crippen LogP contribution in [-0.4, -0.2) is 12.5 Å². The minimum Gasteiger partial charge on any atom is -0.493 e. The molecule has 0 bridgehead atoms. The van der Waals surface area contributed by atoms with Gasteiger partial charge in [-0.05, 0) is 23.1 Å². The lowest BCUT2D eigenvalue weighted by atomic mass is 9.87. The topological polar surface area (TPSA) is 64.3 Å². The molecule has 4 heteroatoms. The maximum Gasteiger partial charge on any atom is 0.237 e. The number of amides is 1. The summed E-state index contributed by atoms with van der Waals surface area (Å²) in [5.74, 6) is 5.50. The van der Waals surface area contributed by atoms with E-state index in [1.807, 2.05) is 24.3 Å². The molecular formula is C13H20N2O2. The van der Waals surface area contributed by atoms with E-state index in [9.17, 15) is 4.79 Å². The van der Waals surface area contributed by atoms with Gasteiger partial charge < -0.3 is 4.74 Å². The second-order valence-corrected chi connectivity index (χ2v) is 4.94. The third-order valence-electron chi connectivity index (χ3n) is 2.48. The summed E-state index contributed by atoms with van der Waals surface area (Å²) in [7, 11) is 0. The number of hydrazine groups is 1. The fourth-order valence-corrected chi connectivity index (χ4v) is 1.38. The number of ether oxygens (including phenoxy) is 1. The summed E-state index contributed by atoms with van der Waals surface area (Å²) in [6.45, 7) is 6.81. The lowest BCUT2D eigenvalue weighted by molar-refractivity contribution is -0.121. The van der Waals surface area contributed by atoms with Crippen LogP contribution in [0.2, 0.25) is 0 Å². The van der Waals surface area contributed by atoms with Crippen molar-refractivity contribution in [2.24, 2.45) is 5.84 Å². The van der Waals surface area contributed by atoms with E-state index in [1.165, 1.54) is 5.56 Å². The summed E-state index contributed by atoms with van der Waals surface area (Å²) in [4.78, 5) is 10.9. The first-order chi connectivity index (χ1) is 7.93. The summed E-state index contributed by atoms with van der Waals surface area (Å²) < 4.78 is 5.43. The molecule has 1 aromatic carbocycles. The van der Waals surface area contributed by atoms with Crippen molar-refractivity contribution in [3.05, 3.63) is 29.8 Å². The van der Waals surface area contributed by atoms with Gasteiger partial charge in [-0.1, -0.05) is 32.9 Å². The van der Waals surface area contributed by atoms with Crippen LogP contribution in [0.25, 0.3) is 0 Å². The van der Waals surface area contributed by atoms with Gasteiger partial charge in [0.25, 0.3) is 0 Å². The first kappa shape index (κ1) is 13.5. The maximum absolute atomic E-state index is 10.9. The zero-order valence-electron chi connectivity index (χ0n) is 10.6. The Morgan fingerprint density at radius 2 is 1.88 bits per heavy atom. The number of carbonyl (C=O) groups is 1. The van der Waals surface area contributed by atoms with Crippen molar-refractivity contribution in [2.75, 3.05) is 6.61 Å². The van der Waals surface area contributed by atoms with Gasteiger partial charge in [-0.2, -0.15) is 0 Å². The van der Waals surface area contributed by atoms with Crippen molar-refractivity contribution in [1.82, 2.24) is 5.43 Å². The number of nitrogens with two attached hydrogens (primary N) is 1. The Balaban J connectivity index is 2.49. The average molecular weight is 236 g/mol. The molecule has 0 aliphatic heterocycles. The van der Waals surface area contributed by atoms with Crippen LogP contribution in [0.3, 0.4) is 0 Å². The number of hydrogen-bond acceptors (Lipinski definition) is 3. The van der Waals surface area contributed by atoms with Crippen molar-refractivity contribution in [3.63, 3.8) is 0 Å². The van der Waals surface area contributed by atoms with Crippen molar-refractivity contribution in [1.29, 1.82) is 0 Å². The van der Waals surface area contributed by atoms with Gasteiger partial charge in [0.15, 0.2) is 0 Å². The van der Waals surface area contributed by atoms with Gasteiger partial charge in [0, 0.05) is 0 Å². The highest BCUT2D eigenvalue weighted by Gasteiger charge is 2.12. The molecule has 1 amide bonds. The highest BCUT2D eigenvalue weighted by atomic mass is 16.5. The van der Waals surface area contributed by atoms with E-state index in [0.717, 1.165) is 5.75 Å². The van der Waals surface area contributed by atoms with Crippen LogP contribution >= 0.6 is 0 Å². The largest absolute Gasteiger partial charge is 0.493 e. The highest BCUT2D eigenvalue weighted by molar-refractivity contribution is 5.75. The second kappa shape index (κ2) is 5.68. The molecule has 1 aromatic rings. The Morgan fingerprint density at radius 1 is 1.29 bits per heavy atom. The minimum absolute atomic E-state index is 0.137. The molecule has 94 valence electrons. The zero-order chi connectivity index (χ0) is 12.9. The fourth-order valence-electron chi connectivity index (χ4n) is 1.38. The molecule has 3 N–H and O–H groups in total. The van der Waals surface area contributed by atoms with Gasteiger partial charge >= 0.3 is 0 Å². The molecular weight excluding hydrogens is 216 g/mol. The summed E-state index contributed by atoms with van der Waals surface area (Å²) in [5, 5.41) is 0. The predicted molar refractivity (Wildman–Crippen MR) is 67.6 cm³/mol. The van der Waals surface area contributed by atoms with Crippen molar-refractivity contribution in [3.8, 4) is 5.75 Å². The summed E-state index contributed by atoms with van der Waals surface area (Å²) in [5.41, 5.74) is 3.45. The van der Waals surface area contributed by atoms with Gasteiger partial charge in [0.2, 0.25) is 5.91 Å². The average Bonchev–Trinajstić information content (AvgIpc) is 2.28. The van der Waals surface area contributed by atoms with Gasteiger partial charge in [0.1, 0.15) is 5.75 Å². The normalized spacial score (nSPS) is 11.1. The van der Waals surface area contributed by atoms with Crippen molar-refractivity contribution >= 4 is 5.91 Å². The first-order valence-corrected chi connectivity index (χ1v) is 5.66. The van der Waals surface area contributed by atoms with Crippen LogP contribution in [0.4, 0.5) is 0 Å². The van der Waals surface area contributed by atoms with Gasteiger partial charge in [0.05, 0.1) is 13.0 Å². The molecule has 4 nitrogen and oxygen atoms in total. The summed E-state index contributed by atoms with van der Waals surface area (Å²) in [6.07, 6.45) is 0.261. The third-order valence-corrected chi connectivity index (χ3v) is 2.48. The molecule has 0 radical (unpaired) electrons. The molecule has 0 unspecified atom stereocenters. The summed E-state index contributed by atoms with van der Waals surface area (Å²) >= 11 is 0. The second-order valence-electron chi connectivity index (χ2n) is 4.94. The number of rotatable bonds is 4. The summed E-state index contributed by atoms with van der Waals surface area (Å²) in [6, 6.07) is 7.92. The van der Waals surface area contributed by atoms with Crippen molar-refractivity contribution < 1.29 is 9.53 Å². The van der Waals surface area contributed by atoms with E-state index in [2.05, 4.69) is 26.2 Å². The standard InChI is InChI=1S/C13H20N2O2/c1-13(2,3)10-4-6-11(7-5-10)17-9-8-12(16)15-14/h4-7H,8-9,14H2,1-3H3,(H,15,16). The number of carbonyl (C=O) groups excluding carboxylic acids is 1. The molecule has 0 saturated carbocycles. The molecule has 0 atom stereocenters. The van der Waals surface area contributed by atoms with Crippen LogP contribution < -0.4 is 16.0 Å². The molecule has 0 aliphatic rings. The number of nitrogens with one attached hydrogen (secondary N) is 1. The van der Waals surface area contributed by atoms with E-state index in [0.29, 0.717) is 6.61 Å². The predicted octanol–water partition coefficient (Wildman–Crippen LogP) is 1.74. The SMILES string of the molecule is CC(C)(C)c1ccc(OCCC(=O)NN)cc1. The molecule has 17 heavy (non-hydrogen) atoms. The van der Waals surface area contributed by atoms with E-state index in [-0.39, 0.29) is 17.7 Å². The highest BCUT2D eigenvalue weighted by Crippen LogP contribution is 2.24. The Bertz CT molecular complexity index is 366. The lowest BCUT2D eigenvalue weighted by Crippen LogP contribution is -2.31. The smallest absolute Gasteiger partial charge is 0.237 e. The molecule has 0 aromatic heterocycles. The van der Waals surface area contributed by atoms with Crippen LogP contribution in [0.5, 0.6) is 5.75 Å². The third kappa shape index (κ3) is 4.44. The van der Waals surface area contributed by atoms with Crippen LogP contribution in [0.15, 0.2) is 24.3 Å². The fraction of sp³-hybridized carbons (Fsp3) is 0.462. The van der Waals surface area contributed by atoms with E-state index < -0.39 is 0 Å². The molecule has 0 fully saturated rings. The lowest BCUT2D eigenvalue weighted by Gasteiger charge is -2.19. The van der Waals surface area contributed by atoms with Gasteiger partial charge in [-0.3, -0.25) is 10.2 Å². The Kier molecular flexibility index (Phi) is 4.52. The molecule has 0 saturated heterocycles.